The molecule has 0 saturated carbocycles. The molecule has 0 radical (unpaired) electrons. The van der Waals surface area contributed by atoms with Crippen molar-refractivity contribution in [2.75, 3.05) is 32.7 Å². The number of aryl methyl sites for hydroxylation is 1. The fourth-order valence-corrected chi connectivity index (χ4v) is 4.02. The molecule has 29 heavy (non-hydrogen) atoms. The summed E-state index contributed by atoms with van der Waals surface area (Å²) in [5.41, 5.74) is 3.08. The van der Waals surface area contributed by atoms with Gasteiger partial charge in [-0.15, -0.1) is 0 Å². The maximum atomic E-state index is 13.5. The largest absolute Gasteiger partial charge is 0.340 e. The Kier molecular flexibility index (Phi) is 6.44. The van der Waals surface area contributed by atoms with E-state index in [2.05, 4.69) is 4.90 Å². The average Bonchev–Trinajstić information content (AvgIpc) is 2.98. The molecule has 0 unspecified atom stereocenters. The minimum absolute atomic E-state index is 0.00598. The number of rotatable bonds is 5. The number of ketones is 1. The number of benzene rings is 1. The van der Waals surface area contributed by atoms with E-state index in [9.17, 15) is 14.0 Å². The molecule has 0 aliphatic carbocycles. The number of hydrogen-bond donors (Lipinski definition) is 0. The molecule has 1 aliphatic rings. The number of carbonyl (C=O) groups excluding carboxylic acids is 2. The third kappa shape index (κ3) is 4.54. The maximum Gasteiger partial charge on any atom is 0.225 e. The molecule has 0 spiro atoms. The van der Waals surface area contributed by atoms with Crippen molar-refractivity contribution in [2.24, 2.45) is 5.92 Å². The fourth-order valence-electron chi connectivity index (χ4n) is 3.85. The van der Waals surface area contributed by atoms with E-state index in [1.54, 1.807) is 12.1 Å². The standard InChI is InChI=1S/C22H27ClFN3O2/c1-14(2)22(29)26-9-7-25(8-10-26)13-21(28)18-11-15(3)27(16(18)4)17-5-6-20(24)19(23)12-17/h5-6,11-12,14H,7-10,13H2,1-4H3. The molecule has 1 fully saturated rings. The van der Waals surface area contributed by atoms with Gasteiger partial charge in [0.1, 0.15) is 5.82 Å². The molecule has 7 heteroatoms. The van der Waals surface area contributed by atoms with E-state index in [4.69, 9.17) is 11.6 Å². The van der Waals surface area contributed by atoms with Crippen LogP contribution >= 0.6 is 11.6 Å². The first-order valence-electron chi connectivity index (χ1n) is 9.87. The maximum absolute atomic E-state index is 13.5. The van der Waals surface area contributed by atoms with Crippen LogP contribution < -0.4 is 0 Å². The minimum Gasteiger partial charge on any atom is -0.340 e. The van der Waals surface area contributed by atoms with Crippen molar-refractivity contribution in [3.05, 3.63) is 52.1 Å². The zero-order chi connectivity index (χ0) is 21.3. The van der Waals surface area contributed by atoms with Crippen LogP contribution in [0.4, 0.5) is 4.39 Å². The van der Waals surface area contributed by atoms with E-state index >= 15 is 0 Å². The SMILES string of the molecule is Cc1cc(C(=O)CN2CCN(C(=O)C(C)C)CC2)c(C)n1-c1ccc(F)c(Cl)c1. The van der Waals surface area contributed by atoms with E-state index in [1.165, 1.54) is 6.07 Å². The molecule has 1 aromatic carbocycles. The highest BCUT2D eigenvalue weighted by Gasteiger charge is 2.25. The summed E-state index contributed by atoms with van der Waals surface area (Å²) < 4.78 is 15.4. The van der Waals surface area contributed by atoms with Gasteiger partial charge in [-0.2, -0.15) is 0 Å². The zero-order valence-electron chi connectivity index (χ0n) is 17.3. The Morgan fingerprint density at radius 1 is 1.10 bits per heavy atom. The van der Waals surface area contributed by atoms with Crippen LogP contribution in [0.5, 0.6) is 0 Å². The third-order valence-corrected chi connectivity index (χ3v) is 5.73. The average molecular weight is 420 g/mol. The minimum atomic E-state index is -0.468. The molecular formula is C22H27ClFN3O2. The molecule has 2 heterocycles. The second-order valence-electron chi connectivity index (χ2n) is 7.90. The van der Waals surface area contributed by atoms with Gasteiger partial charge < -0.3 is 9.47 Å². The number of halogens is 2. The normalized spacial score (nSPS) is 15.2. The molecule has 0 N–H and O–H groups in total. The van der Waals surface area contributed by atoms with Crippen LogP contribution in [0.2, 0.25) is 5.02 Å². The third-order valence-electron chi connectivity index (χ3n) is 5.44. The summed E-state index contributed by atoms with van der Waals surface area (Å²) >= 11 is 5.93. The van der Waals surface area contributed by atoms with Crippen molar-refractivity contribution in [3.8, 4) is 5.69 Å². The van der Waals surface area contributed by atoms with Gasteiger partial charge in [0.25, 0.3) is 0 Å². The Morgan fingerprint density at radius 2 is 1.76 bits per heavy atom. The predicted octanol–water partition coefficient (Wildman–Crippen LogP) is 3.87. The van der Waals surface area contributed by atoms with Gasteiger partial charge in [-0.25, -0.2) is 4.39 Å². The number of aromatic nitrogens is 1. The number of piperazine rings is 1. The van der Waals surface area contributed by atoms with Gasteiger partial charge in [0.2, 0.25) is 5.91 Å². The van der Waals surface area contributed by atoms with Crippen molar-refractivity contribution in [3.63, 3.8) is 0 Å². The van der Waals surface area contributed by atoms with Gasteiger partial charge in [-0.3, -0.25) is 14.5 Å². The lowest BCUT2D eigenvalue weighted by Gasteiger charge is -2.35. The molecule has 0 bridgehead atoms. The first kappa shape index (κ1) is 21.5. The Hall–Kier alpha value is -2.18. The second-order valence-corrected chi connectivity index (χ2v) is 8.31. The molecule has 5 nitrogen and oxygen atoms in total. The van der Waals surface area contributed by atoms with Crippen molar-refractivity contribution < 1.29 is 14.0 Å². The number of nitrogens with zero attached hydrogens (tertiary/aromatic N) is 3. The summed E-state index contributed by atoms with van der Waals surface area (Å²) in [4.78, 5) is 29.0. The zero-order valence-corrected chi connectivity index (χ0v) is 18.1. The number of hydrogen-bond acceptors (Lipinski definition) is 3. The number of carbonyl (C=O) groups is 2. The summed E-state index contributed by atoms with van der Waals surface area (Å²) in [5.74, 6) is -0.267. The summed E-state index contributed by atoms with van der Waals surface area (Å²) in [6.07, 6.45) is 0. The molecule has 1 aliphatic heterocycles. The fraction of sp³-hybridized carbons (Fsp3) is 0.455. The Labute approximate surface area is 176 Å². The molecular weight excluding hydrogens is 393 g/mol. The van der Waals surface area contributed by atoms with Crippen molar-refractivity contribution >= 4 is 23.3 Å². The predicted molar refractivity (Wildman–Crippen MR) is 112 cm³/mol. The van der Waals surface area contributed by atoms with Crippen LogP contribution in [0.3, 0.4) is 0 Å². The molecule has 1 saturated heterocycles. The molecule has 156 valence electrons. The van der Waals surface area contributed by atoms with E-state index < -0.39 is 5.82 Å². The van der Waals surface area contributed by atoms with E-state index in [1.807, 2.05) is 43.2 Å². The topological polar surface area (TPSA) is 45.6 Å². The summed E-state index contributed by atoms with van der Waals surface area (Å²) in [5, 5.41) is 0.0525. The lowest BCUT2D eigenvalue weighted by atomic mass is 10.1. The van der Waals surface area contributed by atoms with Gasteiger partial charge in [0.05, 0.1) is 11.6 Å². The van der Waals surface area contributed by atoms with Gasteiger partial charge in [-0.05, 0) is 38.1 Å². The van der Waals surface area contributed by atoms with Gasteiger partial charge in [-0.1, -0.05) is 25.4 Å². The number of amides is 1. The Morgan fingerprint density at radius 3 is 2.34 bits per heavy atom. The highest BCUT2D eigenvalue weighted by Crippen LogP contribution is 2.25. The monoisotopic (exact) mass is 419 g/mol. The van der Waals surface area contributed by atoms with Crippen molar-refractivity contribution in [1.82, 2.24) is 14.4 Å². The summed E-state index contributed by atoms with van der Waals surface area (Å²) in [6.45, 7) is 10.6. The summed E-state index contributed by atoms with van der Waals surface area (Å²) in [6, 6.07) is 6.42. The van der Waals surface area contributed by atoms with Crippen molar-refractivity contribution in [1.29, 1.82) is 0 Å². The van der Waals surface area contributed by atoms with Crippen LogP contribution in [0, 0.1) is 25.6 Å². The second kappa shape index (κ2) is 8.67. The first-order valence-corrected chi connectivity index (χ1v) is 10.3. The number of Topliss-reactive ketones (excluding diaryl/α,β-unsaturated/α-hetero) is 1. The van der Waals surface area contributed by atoms with Crippen LogP contribution in [0.25, 0.3) is 5.69 Å². The quantitative estimate of drug-likeness (QED) is 0.691. The van der Waals surface area contributed by atoms with Crippen LogP contribution in [0.15, 0.2) is 24.3 Å². The van der Waals surface area contributed by atoms with E-state index in [0.717, 1.165) is 17.1 Å². The van der Waals surface area contributed by atoms with Gasteiger partial charge in [0.15, 0.2) is 5.78 Å². The van der Waals surface area contributed by atoms with Gasteiger partial charge >= 0.3 is 0 Å². The van der Waals surface area contributed by atoms with Crippen molar-refractivity contribution in [2.45, 2.75) is 27.7 Å². The summed E-state index contributed by atoms with van der Waals surface area (Å²) in [7, 11) is 0. The first-order chi connectivity index (χ1) is 13.7. The van der Waals surface area contributed by atoms with Crippen LogP contribution in [0.1, 0.15) is 35.6 Å². The molecule has 0 atom stereocenters. The van der Waals surface area contributed by atoms with E-state index in [0.29, 0.717) is 38.3 Å². The lowest BCUT2D eigenvalue weighted by Crippen LogP contribution is -2.50. The lowest BCUT2D eigenvalue weighted by molar-refractivity contribution is -0.136. The Bertz CT molecular complexity index is 930. The molecule has 3 rings (SSSR count). The Balaban J connectivity index is 1.71. The van der Waals surface area contributed by atoms with Crippen LogP contribution in [-0.4, -0.2) is 58.8 Å². The van der Waals surface area contributed by atoms with Crippen LogP contribution in [-0.2, 0) is 4.79 Å². The molecule has 2 aromatic rings. The van der Waals surface area contributed by atoms with E-state index in [-0.39, 0.29) is 22.6 Å². The highest BCUT2D eigenvalue weighted by atomic mass is 35.5. The molecule has 1 aromatic heterocycles. The van der Waals surface area contributed by atoms with Gasteiger partial charge in [0, 0.05) is 54.7 Å². The highest BCUT2D eigenvalue weighted by molar-refractivity contribution is 6.30. The molecule has 1 amide bonds. The smallest absolute Gasteiger partial charge is 0.225 e.